The molecule has 0 bridgehead atoms. The molecule has 0 aromatic heterocycles. The van der Waals surface area contributed by atoms with Crippen molar-refractivity contribution in [2.45, 2.75) is 38.6 Å². The Morgan fingerprint density at radius 2 is 2.00 bits per heavy atom. The second kappa shape index (κ2) is 6.55. The van der Waals surface area contributed by atoms with E-state index in [9.17, 15) is 19.7 Å². The summed E-state index contributed by atoms with van der Waals surface area (Å²) < 4.78 is 0. The highest BCUT2D eigenvalue weighted by atomic mass is 16.6. The van der Waals surface area contributed by atoms with Crippen LogP contribution in [0.3, 0.4) is 0 Å². The Balaban J connectivity index is 2.09. The van der Waals surface area contributed by atoms with E-state index in [1.54, 1.807) is 0 Å². The van der Waals surface area contributed by atoms with Gasteiger partial charge >= 0.3 is 5.97 Å². The molecular weight excluding hydrogens is 288 g/mol. The van der Waals surface area contributed by atoms with E-state index in [0.29, 0.717) is 0 Å². The van der Waals surface area contributed by atoms with Gasteiger partial charge in [-0.3, -0.25) is 14.9 Å². The molecule has 1 fully saturated rings. The maximum atomic E-state index is 12.1. The molecule has 1 aromatic carbocycles. The van der Waals surface area contributed by atoms with Gasteiger partial charge in [0.05, 0.1) is 10.5 Å². The van der Waals surface area contributed by atoms with Gasteiger partial charge in [-0.25, -0.2) is 4.79 Å². The third-order valence-corrected chi connectivity index (χ3v) is 3.72. The number of benzene rings is 1. The van der Waals surface area contributed by atoms with Gasteiger partial charge in [0.15, 0.2) is 0 Å². The number of carboxylic acids is 1. The molecular formula is C15H18N2O5. The number of carboxylic acid groups (broad SMARTS) is 1. The Hall–Kier alpha value is -2.44. The van der Waals surface area contributed by atoms with Crippen molar-refractivity contribution in [3.8, 4) is 0 Å². The van der Waals surface area contributed by atoms with Gasteiger partial charge in [-0.2, -0.15) is 0 Å². The van der Waals surface area contributed by atoms with Crippen molar-refractivity contribution in [1.82, 2.24) is 5.32 Å². The molecule has 0 aliphatic heterocycles. The maximum Gasteiger partial charge on any atom is 0.335 e. The highest BCUT2D eigenvalue weighted by Gasteiger charge is 2.23. The standard InChI is InChI=1S/C15H18N2O5/c1-9(2-3-10-4-5-10)16-14(18)11-6-12(15(19)20)8-13(7-11)17(21)22/h6-10H,2-5H2,1H3,(H,16,18)(H,19,20). The van der Waals surface area contributed by atoms with E-state index in [1.807, 2.05) is 6.92 Å². The number of carbonyl (C=O) groups excluding carboxylic acids is 1. The van der Waals surface area contributed by atoms with Crippen LogP contribution in [0.15, 0.2) is 18.2 Å². The van der Waals surface area contributed by atoms with Gasteiger partial charge in [0.25, 0.3) is 11.6 Å². The second-order valence-electron chi connectivity index (χ2n) is 5.73. The molecule has 118 valence electrons. The molecule has 0 saturated heterocycles. The molecule has 1 amide bonds. The van der Waals surface area contributed by atoms with Crippen LogP contribution in [-0.4, -0.2) is 27.9 Å². The second-order valence-corrected chi connectivity index (χ2v) is 5.73. The van der Waals surface area contributed by atoms with Crippen LogP contribution in [0.1, 0.15) is 53.3 Å². The quantitative estimate of drug-likeness (QED) is 0.594. The van der Waals surface area contributed by atoms with Crippen LogP contribution in [0.5, 0.6) is 0 Å². The summed E-state index contributed by atoms with van der Waals surface area (Å²) in [6, 6.07) is 3.13. The lowest BCUT2D eigenvalue weighted by molar-refractivity contribution is -0.384. The smallest absolute Gasteiger partial charge is 0.335 e. The molecule has 7 nitrogen and oxygen atoms in total. The first-order valence-electron chi connectivity index (χ1n) is 7.20. The Morgan fingerprint density at radius 3 is 2.55 bits per heavy atom. The van der Waals surface area contributed by atoms with Gasteiger partial charge in [-0.15, -0.1) is 0 Å². The summed E-state index contributed by atoms with van der Waals surface area (Å²) in [5, 5.41) is 22.6. The normalized spacial score (nSPS) is 15.1. The van der Waals surface area contributed by atoms with Crippen LogP contribution in [0.2, 0.25) is 0 Å². The first-order chi connectivity index (χ1) is 10.4. The van der Waals surface area contributed by atoms with Crippen molar-refractivity contribution in [2.24, 2.45) is 5.92 Å². The summed E-state index contributed by atoms with van der Waals surface area (Å²) in [5.41, 5.74) is -0.689. The first-order valence-corrected chi connectivity index (χ1v) is 7.20. The molecule has 1 aromatic rings. The predicted octanol–water partition coefficient (Wildman–Crippen LogP) is 2.60. The number of carbonyl (C=O) groups is 2. The van der Waals surface area contributed by atoms with Gasteiger partial charge in [0, 0.05) is 23.7 Å². The van der Waals surface area contributed by atoms with Crippen LogP contribution >= 0.6 is 0 Å². The number of non-ortho nitro benzene ring substituents is 1. The van der Waals surface area contributed by atoms with Gasteiger partial charge < -0.3 is 10.4 Å². The molecule has 1 aliphatic carbocycles. The zero-order chi connectivity index (χ0) is 16.3. The van der Waals surface area contributed by atoms with Crippen molar-refractivity contribution < 1.29 is 19.6 Å². The fraction of sp³-hybridized carbons (Fsp3) is 0.467. The van der Waals surface area contributed by atoms with Crippen molar-refractivity contribution in [3.05, 3.63) is 39.4 Å². The maximum absolute atomic E-state index is 12.1. The number of rotatable bonds is 7. The summed E-state index contributed by atoms with van der Waals surface area (Å²) in [5.74, 6) is -1.04. The number of hydrogen-bond donors (Lipinski definition) is 2. The average molecular weight is 306 g/mol. The van der Waals surface area contributed by atoms with Crippen molar-refractivity contribution in [3.63, 3.8) is 0 Å². The summed E-state index contributed by atoms with van der Waals surface area (Å²) in [4.78, 5) is 33.3. The lowest BCUT2D eigenvalue weighted by Gasteiger charge is -2.13. The predicted molar refractivity (Wildman–Crippen MR) is 78.9 cm³/mol. The number of nitrogens with zero attached hydrogens (tertiary/aromatic N) is 1. The van der Waals surface area contributed by atoms with E-state index < -0.39 is 22.5 Å². The molecule has 7 heteroatoms. The van der Waals surface area contributed by atoms with Crippen LogP contribution < -0.4 is 5.32 Å². The summed E-state index contributed by atoms with van der Waals surface area (Å²) in [7, 11) is 0. The SMILES string of the molecule is CC(CCC1CC1)NC(=O)c1cc(C(=O)O)cc([N+](=O)[O-])c1. The summed E-state index contributed by atoms with van der Waals surface area (Å²) in [6.07, 6.45) is 4.38. The highest BCUT2D eigenvalue weighted by Crippen LogP contribution is 2.33. The van der Waals surface area contributed by atoms with Crippen molar-refractivity contribution in [2.75, 3.05) is 0 Å². The fourth-order valence-electron chi connectivity index (χ4n) is 2.24. The molecule has 0 heterocycles. The number of hydrogen-bond acceptors (Lipinski definition) is 4. The monoisotopic (exact) mass is 306 g/mol. The number of nitro benzene ring substituents is 1. The molecule has 2 N–H and O–H groups in total. The first kappa shape index (κ1) is 15.9. The van der Waals surface area contributed by atoms with Crippen LogP contribution in [0.25, 0.3) is 0 Å². The highest BCUT2D eigenvalue weighted by molar-refractivity contribution is 5.98. The topological polar surface area (TPSA) is 110 Å². The third kappa shape index (κ3) is 4.28. The van der Waals surface area contributed by atoms with Crippen LogP contribution in [-0.2, 0) is 0 Å². The third-order valence-electron chi connectivity index (χ3n) is 3.72. The van der Waals surface area contributed by atoms with Gasteiger partial charge in [-0.05, 0) is 31.7 Å². The Labute approximate surface area is 127 Å². The number of nitro groups is 1. The van der Waals surface area contributed by atoms with Crippen LogP contribution in [0, 0.1) is 16.0 Å². The number of aromatic carboxylic acids is 1. The summed E-state index contributed by atoms with van der Waals surface area (Å²) >= 11 is 0. The zero-order valence-electron chi connectivity index (χ0n) is 12.2. The van der Waals surface area contributed by atoms with E-state index in [1.165, 1.54) is 12.8 Å². The molecule has 1 atom stereocenters. The van der Waals surface area contributed by atoms with Gasteiger partial charge in [0.1, 0.15) is 0 Å². The minimum Gasteiger partial charge on any atom is -0.478 e. The van der Waals surface area contributed by atoms with Gasteiger partial charge in [0.2, 0.25) is 0 Å². The Kier molecular flexibility index (Phi) is 4.75. The fourth-order valence-corrected chi connectivity index (χ4v) is 2.24. The number of amides is 1. The molecule has 2 rings (SSSR count). The average Bonchev–Trinajstić information content (AvgIpc) is 3.28. The zero-order valence-corrected chi connectivity index (χ0v) is 12.2. The van der Waals surface area contributed by atoms with E-state index in [4.69, 9.17) is 5.11 Å². The van der Waals surface area contributed by atoms with Gasteiger partial charge in [-0.1, -0.05) is 12.8 Å². The largest absolute Gasteiger partial charge is 0.478 e. The van der Waals surface area contributed by atoms with E-state index in [-0.39, 0.29) is 17.2 Å². The minimum atomic E-state index is -1.31. The lowest BCUT2D eigenvalue weighted by Crippen LogP contribution is -2.32. The molecule has 1 saturated carbocycles. The molecule has 1 aliphatic rings. The summed E-state index contributed by atoms with van der Waals surface area (Å²) in [6.45, 7) is 1.87. The van der Waals surface area contributed by atoms with Crippen LogP contribution in [0.4, 0.5) is 5.69 Å². The molecule has 0 spiro atoms. The van der Waals surface area contributed by atoms with E-state index in [0.717, 1.165) is 37.0 Å². The Morgan fingerprint density at radius 1 is 1.36 bits per heavy atom. The van der Waals surface area contributed by atoms with E-state index >= 15 is 0 Å². The number of nitrogens with one attached hydrogen (secondary N) is 1. The Bertz CT molecular complexity index is 578. The van der Waals surface area contributed by atoms with E-state index in [2.05, 4.69) is 5.32 Å². The molecule has 0 radical (unpaired) electrons. The molecule has 1 unspecified atom stereocenters. The van der Waals surface area contributed by atoms with Crippen molar-refractivity contribution in [1.29, 1.82) is 0 Å². The van der Waals surface area contributed by atoms with Crippen molar-refractivity contribution >= 4 is 17.6 Å². The lowest BCUT2D eigenvalue weighted by atomic mass is 10.1. The molecule has 22 heavy (non-hydrogen) atoms. The minimum absolute atomic E-state index is 0.00938.